The molecule has 62 valence electrons. The van der Waals surface area contributed by atoms with Gasteiger partial charge in [-0.1, -0.05) is 36.4 Å². The van der Waals surface area contributed by atoms with Crippen molar-refractivity contribution >= 4 is 22.6 Å². The van der Waals surface area contributed by atoms with E-state index in [9.17, 15) is 0 Å². The first-order valence-corrected chi connectivity index (χ1v) is 5.49. The van der Waals surface area contributed by atoms with E-state index in [4.69, 9.17) is 5.73 Å². The predicted octanol–water partition coefficient (Wildman–Crippen LogP) is 2.43. The first kappa shape index (κ1) is 10.7. The Hall–Kier alpha value is 0.690. The monoisotopic (exact) mass is 255 g/mol. The number of nitrogens with two attached hydrogens (primary N) is 1. The SMILES string of the molecule is CC(CCN)C[C@@H](C)CI. The highest BCUT2D eigenvalue weighted by Gasteiger charge is 2.05. The van der Waals surface area contributed by atoms with E-state index in [1.165, 1.54) is 17.3 Å². The van der Waals surface area contributed by atoms with Gasteiger partial charge in [0.2, 0.25) is 0 Å². The van der Waals surface area contributed by atoms with Gasteiger partial charge in [0.25, 0.3) is 0 Å². The van der Waals surface area contributed by atoms with Crippen molar-refractivity contribution in [3.05, 3.63) is 0 Å². The van der Waals surface area contributed by atoms with Gasteiger partial charge in [0.05, 0.1) is 0 Å². The van der Waals surface area contributed by atoms with E-state index in [-0.39, 0.29) is 0 Å². The van der Waals surface area contributed by atoms with E-state index in [1.54, 1.807) is 0 Å². The Morgan fingerprint density at radius 2 is 1.90 bits per heavy atom. The quantitative estimate of drug-likeness (QED) is 0.592. The minimum atomic E-state index is 0.815. The fourth-order valence-corrected chi connectivity index (χ4v) is 1.51. The van der Waals surface area contributed by atoms with Crippen LogP contribution in [-0.2, 0) is 0 Å². The number of hydrogen-bond acceptors (Lipinski definition) is 1. The van der Waals surface area contributed by atoms with E-state index in [0.717, 1.165) is 18.4 Å². The summed E-state index contributed by atoms with van der Waals surface area (Å²) in [6, 6.07) is 0. The maximum absolute atomic E-state index is 5.44. The van der Waals surface area contributed by atoms with Crippen molar-refractivity contribution in [2.75, 3.05) is 11.0 Å². The summed E-state index contributed by atoms with van der Waals surface area (Å²) in [6.45, 7) is 5.43. The van der Waals surface area contributed by atoms with Gasteiger partial charge in [-0.3, -0.25) is 0 Å². The lowest BCUT2D eigenvalue weighted by molar-refractivity contribution is 0.427. The van der Waals surface area contributed by atoms with Crippen LogP contribution >= 0.6 is 22.6 Å². The summed E-state index contributed by atoms with van der Waals surface area (Å²) < 4.78 is 1.27. The van der Waals surface area contributed by atoms with Gasteiger partial charge in [0.1, 0.15) is 0 Å². The Labute approximate surface area is 77.9 Å². The fraction of sp³-hybridized carbons (Fsp3) is 1.00. The molecule has 2 heteroatoms. The number of rotatable bonds is 5. The molecule has 2 N–H and O–H groups in total. The zero-order valence-electron chi connectivity index (χ0n) is 6.94. The molecule has 1 nitrogen and oxygen atoms in total. The molecular weight excluding hydrogens is 237 g/mol. The van der Waals surface area contributed by atoms with Crippen LogP contribution in [0.15, 0.2) is 0 Å². The Balaban J connectivity index is 3.27. The first-order chi connectivity index (χ1) is 4.70. The lowest BCUT2D eigenvalue weighted by Gasteiger charge is -2.13. The molecule has 0 saturated carbocycles. The predicted molar refractivity (Wildman–Crippen MR) is 55.5 cm³/mol. The average molecular weight is 255 g/mol. The minimum Gasteiger partial charge on any atom is -0.330 e. The van der Waals surface area contributed by atoms with Gasteiger partial charge in [-0.2, -0.15) is 0 Å². The molecule has 1 unspecified atom stereocenters. The van der Waals surface area contributed by atoms with Crippen molar-refractivity contribution < 1.29 is 0 Å². The highest BCUT2D eigenvalue weighted by Crippen LogP contribution is 2.15. The molecule has 0 radical (unpaired) electrons. The van der Waals surface area contributed by atoms with Crippen LogP contribution in [-0.4, -0.2) is 11.0 Å². The Morgan fingerprint density at radius 1 is 1.30 bits per heavy atom. The molecule has 0 heterocycles. The molecule has 0 aliphatic carbocycles. The summed E-state index contributed by atoms with van der Waals surface area (Å²) in [4.78, 5) is 0. The van der Waals surface area contributed by atoms with Crippen LogP contribution in [0.25, 0.3) is 0 Å². The number of alkyl halides is 1. The van der Waals surface area contributed by atoms with Gasteiger partial charge < -0.3 is 5.73 Å². The molecule has 2 atom stereocenters. The molecular formula is C8H18IN. The maximum atomic E-state index is 5.44. The van der Waals surface area contributed by atoms with E-state index < -0.39 is 0 Å². The molecule has 0 bridgehead atoms. The summed E-state index contributed by atoms with van der Waals surface area (Å²) in [7, 11) is 0. The largest absolute Gasteiger partial charge is 0.330 e. The van der Waals surface area contributed by atoms with Gasteiger partial charge in [0, 0.05) is 4.43 Å². The third-order valence-corrected chi connectivity index (χ3v) is 3.23. The Kier molecular flexibility index (Phi) is 6.85. The van der Waals surface area contributed by atoms with Crippen LogP contribution in [0.5, 0.6) is 0 Å². The summed E-state index contributed by atoms with van der Waals surface area (Å²) >= 11 is 2.44. The third kappa shape index (κ3) is 5.47. The van der Waals surface area contributed by atoms with Crippen molar-refractivity contribution in [1.29, 1.82) is 0 Å². The second kappa shape index (κ2) is 6.40. The Morgan fingerprint density at radius 3 is 2.30 bits per heavy atom. The lowest BCUT2D eigenvalue weighted by atomic mass is 9.96. The number of hydrogen-bond donors (Lipinski definition) is 1. The molecule has 0 rings (SSSR count). The van der Waals surface area contributed by atoms with Gasteiger partial charge in [-0.25, -0.2) is 0 Å². The van der Waals surface area contributed by atoms with Crippen molar-refractivity contribution in [2.45, 2.75) is 26.7 Å². The topological polar surface area (TPSA) is 26.0 Å². The number of halogens is 1. The summed E-state index contributed by atoms with van der Waals surface area (Å²) in [5.41, 5.74) is 5.44. The van der Waals surface area contributed by atoms with Crippen LogP contribution in [0.1, 0.15) is 26.7 Å². The van der Waals surface area contributed by atoms with Crippen LogP contribution in [0.3, 0.4) is 0 Å². The molecule has 0 aliphatic heterocycles. The van der Waals surface area contributed by atoms with Crippen molar-refractivity contribution in [2.24, 2.45) is 17.6 Å². The third-order valence-electron chi connectivity index (χ3n) is 1.73. The highest BCUT2D eigenvalue weighted by atomic mass is 127. The normalized spacial score (nSPS) is 16.8. The van der Waals surface area contributed by atoms with E-state index in [1.807, 2.05) is 0 Å². The van der Waals surface area contributed by atoms with Crippen LogP contribution in [0.4, 0.5) is 0 Å². The Bertz CT molecular complexity index is 75.7. The summed E-state index contributed by atoms with van der Waals surface area (Å²) in [6.07, 6.45) is 2.51. The molecule has 10 heavy (non-hydrogen) atoms. The molecule has 0 spiro atoms. The molecule has 0 aliphatic rings. The van der Waals surface area contributed by atoms with Crippen molar-refractivity contribution in [1.82, 2.24) is 0 Å². The van der Waals surface area contributed by atoms with E-state index in [0.29, 0.717) is 0 Å². The highest BCUT2D eigenvalue weighted by molar-refractivity contribution is 14.1. The van der Waals surface area contributed by atoms with Gasteiger partial charge >= 0.3 is 0 Å². The van der Waals surface area contributed by atoms with Crippen molar-refractivity contribution in [3.63, 3.8) is 0 Å². The van der Waals surface area contributed by atoms with Crippen molar-refractivity contribution in [3.8, 4) is 0 Å². The summed E-state index contributed by atoms with van der Waals surface area (Å²) in [5, 5.41) is 0. The molecule has 0 aromatic carbocycles. The second-order valence-corrected chi connectivity index (χ2v) is 4.06. The van der Waals surface area contributed by atoms with E-state index >= 15 is 0 Å². The molecule has 0 aromatic heterocycles. The standard InChI is InChI=1S/C8H18IN/c1-7(3-4-10)5-8(2)6-9/h7-8H,3-6,10H2,1-2H3/t7?,8-/m1/s1. The zero-order valence-corrected chi connectivity index (χ0v) is 9.10. The van der Waals surface area contributed by atoms with Crippen LogP contribution in [0, 0.1) is 11.8 Å². The molecule has 0 fully saturated rings. The second-order valence-electron chi connectivity index (χ2n) is 3.18. The van der Waals surface area contributed by atoms with Gasteiger partial charge in [-0.05, 0) is 31.2 Å². The lowest BCUT2D eigenvalue weighted by Crippen LogP contribution is -2.09. The maximum Gasteiger partial charge on any atom is 0.00211 e. The van der Waals surface area contributed by atoms with Gasteiger partial charge in [0.15, 0.2) is 0 Å². The first-order valence-electron chi connectivity index (χ1n) is 3.96. The fourth-order valence-electron chi connectivity index (χ4n) is 1.15. The molecule has 0 aromatic rings. The minimum absolute atomic E-state index is 0.815. The smallest absolute Gasteiger partial charge is 0.00211 e. The zero-order chi connectivity index (χ0) is 7.98. The van der Waals surface area contributed by atoms with Gasteiger partial charge in [-0.15, -0.1) is 0 Å². The molecule has 0 saturated heterocycles. The van der Waals surface area contributed by atoms with Crippen LogP contribution < -0.4 is 5.73 Å². The summed E-state index contributed by atoms with van der Waals surface area (Å²) in [5.74, 6) is 1.68. The van der Waals surface area contributed by atoms with Crippen LogP contribution in [0.2, 0.25) is 0 Å². The van der Waals surface area contributed by atoms with E-state index in [2.05, 4.69) is 36.4 Å². The average Bonchev–Trinajstić information content (AvgIpc) is 1.88. The molecule has 0 amide bonds.